The molecule has 1 saturated carbocycles. The largest absolute Gasteiger partial charge is 0.341 e. The summed E-state index contributed by atoms with van der Waals surface area (Å²) in [6.45, 7) is 3.60. The van der Waals surface area contributed by atoms with E-state index in [4.69, 9.17) is 5.73 Å². The molecule has 3 nitrogen and oxygen atoms in total. The van der Waals surface area contributed by atoms with Gasteiger partial charge in [0.05, 0.1) is 6.04 Å². The van der Waals surface area contributed by atoms with Crippen molar-refractivity contribution in [2.75, 3.05) is 18.8 Å². The third-order valence-electron chi connectivity index (χ3n) is 3.84. The smallest absolute Gasteiger partial charge is 0.239 e. The third-order valence-corrected chi connectivity index (χ3v) is 4.36. The average molecular weight is 228 g/mol. The number of amides is 1. The maximum Gasteiger partial charge on any atom is 0.239 e. The van der Waals surface area contributed by atoms with Crippen molar-refractivity contribution in [2.24, 2.45) is 17.1 Å². The molecule has 1 spiro atoms. The van der Waals surface area contributed by atoms with Crippen LogP contribution in [0.3, 0.4) is 0 Å². The molecule has 0 aromatic rings. The van der Waals surface area contributed by atoms with Gasteiger partial charge in [0.2, 0.25) is 5.91 Å². The van der Waals surface area contributed by atoms with Gasteiger partial charge in [0.15, 0.2) is 0 Å². The summed E-state index contributed by atoms with van der Waals surface area (Å²) in [7, 11) is 0. The number of hydrogen-bond acceptors (Lipinski definition) is 3. The van der Waals surface area contributed by atoms with E-state index in [-0.39, 0.29) is 11.9 Å². The minimum atomic E-state index is -0.346. The van der Waals surface area contributed by atoms with Gasteiger partial charge in [0, 0.05) is 13.1 Å². The van der Waals surface area contributed by atoms with Gasteiger partial charge in [-0.15, -0.1) is 0 Å². The fraction of sp³-hybridized carbons (Fsp3) is 0.909. The van der Waals surface area contributed by atoms with Crippen LogP contribution in [0.5, 0.6) is 0 Å². The summed E-state index contributed by atoms with van der Waals surface area (Å²) in [6, 6.07) is -0.346. The lowest BCUT2D eigenvalue weighted by Crippen LogP contribution is -2.45. The van der Waals surface area contributed by atoms with E-state index in [0.717, 1.165) is 31.2 Å². The van der Waals surface area contributed by atoms with E-state index < -0.39 is 0 Å². The number of nitrogens with two attached hydrogens (primary N) is 1. The first-order valence-electron chi connectivity index (χ1n) is 5.71. The van der Waals surface area contributed by atoms with Crippen LogP contribution < -0.4 is 5.73 Å². The zero-order valence-electron chi connectivity index (χ0n) is 9.28. The molecular weight excluding hydrogens is 208 g/mol. The second-order valence-electron chi connectivity index (χ2n) is 5.26. The number of hydrogen-bond donors (Lipinski definition) is 2. The van der Waals surface area contributed by atoms with Crippen molar-refractivity contribution in [1.82, 2.24) is 4.90 Å². The molecule has 1 saturated heterocycles. The maximum absolute atomic E-state index is 11.7. The monoisotopic (exact) mass is 228 g/mol. The number of thiol groups is 1. The average Bonchev–Trinajstić information content (AvgIpc) is 2.58. The Morgan fingerprint density at radius 2 is 2.33 bits per heavy atom. The van der Waals surface area contributed by atoms with Crippen molar-refractivity contribution in [2.45, 2.75) is 32.2 Å². The Morgan fingerprint density at radius 3 is 2.87 bits per heavy atom. The highest BCUT2D eigenvalue weighted by Crippen LogP contribution is 2.51. The number of carbonyl (C=O) groups is 1. The lowest BCUT2D eigenvalue weighted by molar-refractivity contribution is -0.132. The highest BCUT2D eigenvalue weighted by atomic mass is 32.1. The number of carbonyl (C=O) groups excluding carboxylic acids is 1. The molecule has 2 N–H and O–H groups in total. The van der Waals surface area contributed by atoms with E-state index in [1.807, 2.05) is 4.90 Å². The molecule has 86 valence electrons. The summed E-state index contributed by atoms with van der Waals surface area (Å²) >= 11 is 4.32. The Bertz CT molecular complexity index is 261. The predicted molar refractivity (Wildman–Crippen MR) is 63.9 cm³/mol. The normalized spacial score (nSPS) is 36.7. The van der Waals surface area contributed by atoms with E-state index in [1.165, 1.54) is 12.8 Å². The van der Waals surface area contributed by atoms with Crippen LogP contribution in [-0.4, -0.2) is 35.7 Å². The Labute approximate surface area is 96.8 Å². The highest BCUT2D eigenvalue weighted by molar-refractivity contribution is 7.80. The van der Waals surface area contributed by atoms with Gasteiger partial charge in [-0.05, 0) is 43.3 Å². The predicted octanol–water partition coefficient (Wildman–Crippen LogP) is 0.892. The number of nitrogens with zero attached hydrogens (tertiary/aromatic N) is 1. The number of rotatable bonds is 2. The zero-order chi connectivity index (χ0) is 11.1. The summed E-state index contributed by atoms with van der Waals surface area (Å²) in [6.07, 6.45) is 3.66. The molecule has 0 radical (unpaired) electrons. The van der Waals surface area contributed by atoms with E-state index in [9.17, 15) is 4.79 Å². The third kappa shape index (κ3) is 2.02. The molecule has 2 fully saturated rings. The van der Waals surface area contributed by atoms with Gasteiger partial charge < -0.3 is 10.6 Å². The second kappa shape index (κ2) is 3.98. The molecule has 2 aliphatic rings. The summed E-state index contributed by atoms with van der Waals surface area (Å²) < 4.78 is 0. The van der Waals surface area contributed by atoms with Gasteiger partial charge in [-0.2, -0.15) is 12.6 Å². The van der Waals surface area contributed by atoms with Gasteiger partial charge in [-0.25, -0.2) is 0 Å². The molecule has 4 heteroatoms. The summed E-state index contributed by atoms with van der Waals surface area (Å²) in [5.74, 6) is 1.88. The fourth-order valence-electron chi connectivity index (χ4n) is 3.04. The van der Waals surface area contributed by atoms with Crippen LogP contribution in [0.1, 0.15) is 26.2 Å². The van der Waals surface area contributed by atoms with E-state index in [1.54, 1.807) is 6.92 Å². The molecule has 0 aromatic carbocycles. The quantitative estimate of drug-likeness (QED) is 0.690. The molecule has 1 aliphatic heterocycles. The van der Waals surface area contributed by atoms with E-state index >= 15 is 0 Å². The minimum absolute atomic E-state index is 0.112. The summed E-state index contributed by atoms with van der Waals surface area (Å²) in [5.41, 5.74) is 6.04. The molecule has 1 heterocycles. The van der Waals surface area contributed by atoms with Gasteiger partial charge in [0.1, 0.15) is 0 Å². The number of likely N-dealkylation sites (tertiary alicyclic amines) is 1. The Hall–Kier alpha value is -0.220. The molecule has 1 atom stereocenters. The SMILES string of the molecule is CC(N)C(=O)N1CCC2(CC(CS)C2)C1. The van der Waals surface area contributed by atoms with Crippen molar-refractivity contribution in [3.05, 3.63) is 0 Å². The Morgan fingerprint density at radius 1 is 1.67 bits per heavy atom. The summed E-state index contributed by atoms with van der Waals surface area (Å²) in [5, 5.41) is 0. The van der Waals surface area contributed by atoms with E-state index in [0.29, 0.717) is 5.41 Å². The molecule has 0 aromatic heterocycles. The highest BCUT2D eigenvalue weighted by Gasteiger charge is 2.48. The minimum Gasteiger partial charge on any atom is -0.341 e. The lowest BCUT2D eigenvalue weighted by Gasteiger charge is -2.44. The molecule has 15 heavy (non-hydrogen) atoms. The van der Waals surface area contributed by atoms with Crippen molar-refractivity contribution >= 4 is 18.5 Å². The van der Waals surface area contributed by atoms with Gasteiger partial charge in [-0.3, -0.25) is 4.79 Å². The van der Waals surface area contributed by atoms with E-state index in [2.05, 4.69) is 12.6 Å². The van der Waals surface area contributed by atoms with Gasteiger partial charge in [-0.1, -0.05) is 0 Å². The Balaban J connectivity index is 1.88. The van der Waals surface area contributed by atoms with Crippen LogP contribution in [0.25, 0.3) is 0 Å². The maximum atomic E-state index is 11.7. The van der Waals surface area contributed by atoms with Crippen LogP contribution in [-0.2, 0) is 4.79 Å². The van der Waals surface area contributed by atoms with Crippen molar-refractivity contribution in [1.29, 1.82) is 0 Å². The molecule has 1 aliphatic carbocycles. The summed E-state index contributed by atoms with van der Waals surface area (Å²) in [4.78, 5) is 13.7. The van der Waals surface area contributed by atoms with Crippen LogP contribution in [0.15, 0.2) is 0 Å². The molecular formula is C11H20N2OS. The van der Waals surface area contributed by atoms with Crippen LogP contribution in [0.4, 0.5) is 0 Å². The molecule has 1 amide bonds. The lowest BCUT2D eigenvalue weighted by atomic mass is 9.62. The van der Waals surface area contributed by atoms with Crippen molar-refractivity contribution in [3.63, 3.8) is 0 Å². The first kappa shape index (κ1) is 11.3. The fourth-order valence-corrected chi connectivity index (χ4v) is 3.30. The van der Waals surface area contributed by atoms with Gasteiger partial charge >= 0.3 is 0 Å². The topological polar surface area (TPSA) is 46.3 Å². The van der Waals surface area contributed by atoms with Crippen molar-refractivity contribution < 1.29 is 4.79 Å². The first-order valence-corrected chi connectivity index (χ1v) is 6.35. The van der Waals surface area contributed by atoms with Crippen LogP contribution in [0.2, 0.25) is 0 Å². The van der Waals surface area contributed by atoms with Crippen molar-refractivity contribution in [3.8, 4) is 0 Å². The standard InChI is InChI=1S/C11H20N2OS/c1-8(12)10(14)13-3-2-11(7-13)4-9(5-11)6-15/h8-9,15H,2-7,12H2,1H3. The Kier molecular flexibility index (Phi) is 2.99. The molecule has 0 bridgehead atoms. The molecule has 2 rings (SSSR count). The van der Waals surface area contributed by atoms with Crippen LogP contribution >= 0.6 is 12.6 Å². The first-order chi connectivity index (χ1) is 7.06. The van der Waals surface area contributed by atoms with Crippen LogP contribution in [0, 0.1) is 11.3 Å². The zero-order valence-corrected chi connectivity index (χ0v) is 10.2. The molecule has 1 unspecified atom stereocenters. The van der Waals surface area contributed by atoms with Gasteiger partial charge in [0.25, 0.3) is 0 Å². The second-order valence-corrected chi connectivity index (χ2v) is 5.62.